The summed E-state index contributed by atoms with van der Waals surface area (Å²) >= 11 is 0. The molecule has 5 heterocycles. The van der Waals surface area contributed by atoms with Gasteiger partial charge in [-0.2, -0.15) is 10.4 Å². The number of hydrogen-bond donors (Lipinski definition) is 2. The van der Waals surface area contributed by atoms with E-state index in [9.17, 15) is 14.8 Å². The third-order valence-corrected chi connectivity index (χ3v) is 6.67. The Morgan fingerprint density at radius 2 is 2.06 bits per heavy atom. The van der Waals surface area contributed by atoms with Gasteiger partial charge in [0.2, 0.25) is 5.88 Å². The molecule has 0 amide bonds. The minimum Gasteiger partial charge on any atom is -0.469 e. The lowest BCUT2D eigenvalue weighted by Crippen LogP contribution is -2.30. The number of nitrogens with one attached hydrogen (secondary N) is 1. The van der Waals surface area contributed by atoms with E-state index < -0.39 is 11.9 Å². The van der Waals surface area contributed by atoms with Gasteiger partial charge in [0.1, 0.15) is 29.3 Å². The molecule has 1 saturated heterocycles. The van der Waals surface area contributed by atoms with Crippen molar-refractivity contribution in [2.75, 3.05) is 19.7 Å². The van der Waals surface area contributed by atoms with Crippen molar-refractivity contribution in [3.05, 3.63) is 65.3 Å². The number of ether oxygens (including phenoxy) is 1. The van der Waals surface area contributed by atoms with E-state index in [4.69, 9.17) is 9.84 Å². The van der Waals surface area contributed by atoms with Gasteiger partial charge < -0.3 is 15.2 Å². The van der Waals surface area contributed by atoms with Gasteiger partial charge in [-0.15, -0.1) is 0 Å². The van der Waals surface area contributed by atoms with Crippen molar-refractivity contribution in [2.24, 2.45) is 0 Å². The van der Waals surface area contributed by atoms with Crippen LogP contribution in [-0.2, 0) is 6.42 Å². The molecule has 5 rings (SSSR count). The van der Waals surface area contributed by atoms with E-state index in [0.717, 1.165) is 54.6 Å². The number of aliphatic hydroxyl groups excluding tert-OH is 1. The number of pyridine rings is 2. The molecule has 0 aromatic carbocycles. The fourth-order valence-electron chi connectivity index (χ4n) is 4.90. The van der Waals surface area contributed by atoms with Crippen molar-refractivity contribution < 1.29 is 14.2 Å². The number of fused-ring (bicyclic) bond motifs is 1. The molecule has 0 radical (unpaired) electrons. The Morgan fingerprint density at radius 3 is 2.75 bits per heavy atom. The topological polar surface area (TPSA) is 113 Å². The van der Waals surface area contributed by atoms with Gasteiger partial charge in [0.25, 0.3) is 0 Å². The van der Waals surface area contributed by atoms with Crippen molar-refractivity contribution in [1.82, 2.24) is 29.5 Å². The van der Waals surface area contributed by atoms with Crippen LogP contribution in [0, 0.1) is 24.1 Å². The van der Waals surface area contributed by atoms with Gasteiger partial charge in [-0.3, -0.25) is 14.1 Å². The highest BCUT2D eigenvalue weighted by Gasteiger charge is 2.25. The second kappa shape index (κ2) is 10.0. The average molecular weight is 490 g/mol. The van der Waals surface area contributed by atoms with Crippen molar-refractivity contribution >= 4 is 5.65 Å². The predicted molar refractivity (Wildman–Crippen MR) is 131 cm³/mol. The Hall–Kier alpha value is -3.81. The maximum absolute atomic E-state index is 13.4. The number of halogens is 1. The Kier molecular flexibility index (Phi) is 6.67. The molecule has 0 aliphatic carbocycles. The van der Waals surface area contributed by atoms with Crippen molar-refractivity contribution in [2.45, 2.75) is 45.3 Å². The summed E-state index contributed by atoms with van der Waals surface area (Å²) in [6.45, 7) is 5.74. The number of aliphatic hydroxyl groups is 1. The molecule has 1 aliphatic rings. The van der Waals surface area contributed by atoms with Crippen LogP contribution in [0.3, 0.4) is 0 Å². The summed E-state index contributed by atoms with van der Waals surface area (Å²) < 4.78 is 23.4. The molecular weight excluding hydrogens is 461 g/mol. The lowest BCUT2D eigenvalue weighted by molar-refractivity contribution is 0.209. The van der Waals surface area contributed by atoms with Crippen LogP contribution in [0.15, 0.2) is 36.7 Å². The van der Waals surface area contributed by atoms with Crippen LogP contribution in [0.1, 0.15) is 54.7 Å². The van der Waals surface area contributed by atoms with Crippen LogP contribution in [0.2, 0.25) is 0 Å². The second-order valence-electron chi connectivity index (χ2n) is 9.00. The molecule has 36 heavy (non-hydrogen) atoms. The minimum atomic E-state index is -0.506. The van der Waals surface area contributed by atoms with E-state index in [-0.39, 0.29) is 12.6 Å². The molecule has 1 fully saturated rings. The number of rotatable bonds is 7. The van der Waals surface area contributed by atoms with E-state index in [2.05, 4.69) is 26.0 Å². The molecule has 1 atom stereocenters. The fraction of sp³-hybridized carbons (Fsp3) is 0.385. The van der Waals surface area contributed by atoms with Crippen LogP contribution >= 0.6 is 0 Å². The molecule has 2 N–H and O–H groups in total. The van der Waals surface area contributed by atoms with Gasteiger partial charge in [0, 0.05) is 30.4 Å². The summed E-state index contributed by atoms with van der Waals surface area (Å²) in [5.41, 5.74) is 5.05. The van der Waals surface area contributed by atoms with Crippen LogP contribution in [0.4, 0.5) is 4.39 Å². The molecule has 0 unspecified atom stereocenters. The summed E-state index contributed by atoms with van der Waals surface area (Å²) in [4.78, 5) is 8.58. The van der Waals surface area contributed by atoms with Crippen LogP contribution in [0.25, 0.3) is 16.8 Å². The average Bonchev–Trinajstić information content (AvgIpc) is 3.45. The Morgan fingerprint density at radius 1 is 1.25 bits per heavy atom. The summed E-state index contributed by atoms with van der Waals surface area (Å²) in [7, 11) is 0. The minimum absolute atomic E-state index is 0.0174. The number of piperidine rings is 1. The SMILES string of the molecule is Cc1c(-c2cc(O[C@H](C)c3ccc(F)cn3)n3c(C#N)cnc3c2)c(CCO)nn1C1CCNCC1. The van der Waals surface area contributed by atoms with Crippen LogP contribution < -0.4 is 10.1 Å². The first kappa shape index (κ1) is 23.9. The first-order valence-electron chi connectivity index (χ1n) is 12.1. The number of hydrogen-bond acceptors (Lipinski definition) is 7. The molecule has 1 aliphatic heterocycles. The largest absolute Gasteiger partial charge is 0.469 e. The molecular formula is C26H28FN7O2. The smallest absolute Gasteiger partial charge is 0.201 e. The van der Waals surface area contributed by atoms with Gasteiger partial charge in [-0.1, -0.05) is 0 Å². The first-order valence-corrected chi connectivity index (χ1v) is 12.1. The van der Waals surface area contributed by atoms with Gasteiger partial charge in [0.05, 0.1) is 29.8 Å². The van der Waals surface area contributed by atoms with E-state index in [0.29, 0.717) is 29.3 Å². The van der Waals surface area contributed by atoms with Gasteiger partial charge in [-0.25, -0.2) is 9.37 Å². The van der Waals surface area contributed by atoms with E-state index >= 15 is 0 Å². The fourth-order valence-corrected chi connectivity index (χ4v) is 4.90. The first-order chi connectivity index (χ1) is 17.5. The third kappa shape index (κ3) is 4.43. The van der Waals surface area contributed by atoms with Crippen molar-refractivity contribution in [3.8, 4) is 23.1 Å². The molecule has 9 nitrogen and oxygen atoms in total. The number of nitriles is 1. The highest BCUT2D eigenvalue weighted by Crippen LogP contribution is 2.35. The zero-order valence-corrected chi connectivity index (χ0v) is 20.3. The lowest BCUT2D eigenvalue weighted by Gasteiger charge is -2.24. The van der Waals surface area contributed by atoms with E-state index in [1.807, 2.05) is 26.0 Å². The van der Waals surface area contributed by atoms with E-state index in [1.54, 1.807) is 10.5 Å². The Balaban J connectivity index is 1.62. The quantitative estimate of drug-likeness (QED) is 0.408. The highest BCUT2D eigenvalue weighted by atomic mass is 19.1. The third-order valence-electron chi connectivity index (χ3n) is 6.67. The molecule has 10 heteroatoms. The number of aromatic nitrogens is 5. The van der Waals surface area contributed by atoms with Gasteiger partial charge in [0.15, 0.2) is 0 Å². The van der Waals surface area contributed by atoms with Crippen molar-refractivity contribution in [1.29, 1.82) is 5.26 Å². The lowest BCUT2D eigenvalue weighted by atomic mass is 10.0. The highest BCUT2D eigenvalue weighted by molar-refractivity contribution is 5.74. The second-order valence-corrected chi connectivity index (χ2v) is 9.00. The Labute approximate surface area is 208 Å². The number of nitrogens with zero attached hydrogens (tertiary/aromatic N) is 6. The van der Waals surface area contributed by atoms with Gasteiger partial charge in [-0.05, 0) is 63.5 Å². The zero-order valence-electron chi connectivity index (χ0n) is 20.3. The zero-order chi connectivity index (χ0) is 25.2. The summed E-state index contributed by atoms with van der Waals surface area (Å²) in [5, 5.41) is 27.7. The molecule has 186 valence electrons. The molecule has 0 spiro atoms. The number of imidazole rings is 1. The maximum atomic E-state index is 13.4. The summed E-state index contributed by atoms with van der Waals surface area (Å²) in [5.74, 6) is -0.00602. The van der Waals surface area contributed by atoms with Crippen LogP contribution in [0.5, 0.6) is 5.88 Å². The predicted octanol–water partition coefficient (Wildman–Crippen LogP) is 3.51. The van der Waals surface area contributed by atoms with Crippen molar-refractivity contribution in [3.63, 3.8) is 0 Å². The molecule has 4 aromatic heterocycles. The van der Waals surface area contributed by atoms with E-state index in [1.165, 1.54) is 12.3 Å². The monoisotopic (exact) mass is 489 g/mol. The molecule has 0 saturated carbocycles. The summed E-state index contributed by atoms with van der Waals surface area (Å²) in [6, 6.07) is 9.14. The standard InChI is InChI=1S/C26H28FN7O2/c1-16-26(23(7-10-35)32-34(16)20-5-8-29-9-6-20)18-11-24-31-15-21(13-28)33(24)25(12-18)36-17(2)22-4-3-19(27)14-30-22/h3-4,11-12,14-15,17,20,29,35H,5-10H2,1-2H3/t17-/m1/s1. The maximum Gasteiger partial charge on any atom is 0.201 e. The molecule has 0 bridgehead atoms. The summed E-state index contributed by atoms with van der Waals surface area (Å²) in [6.07, 6.45) is 4.55. The van der Waals surface area contributed by atoms with Gasteiger partial charge >= 0.3 is 0 Å². The Bertz CT molecular complexity index is 1420. The normalized spacial score (nSPS) is 15.2. The molecule has 4 aromatic rings. The van der Waals surface area contributed by atoms with Crippen LogP contribution in [-0.4, -0.2) is 49.0 Å².